The number of carbonyl (C=O) groups excluding carboxylic acids is 2. The van der Waals surface area contributed by atoms with E-state index in [2.05, 4.69) is 6.92 Å². The molecule has 1 unspecified atom stereocenters. The summed E-state index contributed by atoms with van der Waals surface area (Å²) in [7, 11) is 3.11. The molecule has 0 bridgehead atoms. The van der Waals surface area contributed by atoms with Gasteiger partial charge in [0.2, 0.25) is 0 Å². The fourth-order valence-electron chi connectivity index (χ4n) is 3.12. The largest absolute Gasteiger partial charge is 0.497 e. The van der Waals surface area contributed by atoms with E-state index < -0.39 is 5.97 Å². The normalized spacial score (nSPS) is 16.0. The lowest BCUT2D eigenvalue weighted by Gasteiger charge is -2.22. The van der Waals surface area contributed by atoms with Crippen LogP contribution in [0.3, 0.4) is 0 Å². The highest BCUT2D eigenvalue weighted by atomic mass is 32.2. The van der Waals surface area contributed by atoms with Gasteiger partial charge in [0.15, 0.2) is 6.61 Å². The maximum atomic E-state index is 12.8. The average molecular weight is 428 g/mol. The number of thioether (sulfide) groups is 1. The topological polar surface area (TPSA) is 65.1 Å². The second kappa shape index (κ2) is 10.2. The van der Waals surface area contributed by atoms with E-state index in [9.17, 15) is 9.59 Å². The zero-order valence-electron chi connectivity index (χ0n) is 17.3. The van der Waals surface area contributed by atoms with Crippen molar-refractivity contribution in [2.75, 3.05) is 32.3 Å². The summed E-state index contributed by atoms with van der Waals surface area (Å²) in [5, 5.41) is 0.411. The number of fused-ring (bicyclic) bond motifs is 1. The van der Waals surface area contributed by atoms with E-state index in [1.807, 2.05) is 24.3 Å². The van der Waals surface area contributed by atoms with Gasteiger partial charge in [-0.1, -0.05) is 19.1 Å². The smallest absolute Gasteiger partial charge is 0.331 e. The number of rotatable bonds is 6. The number of anilines is 1. The molecule has 1 aliphatic heterocycles. The fraction of sp³-hybridized carbons (Fsp3) is 0.304. The lowest BCUT2D eigenvalue weighted by atomic mass is 10.2. The molecule has 30 heavy (non-hydrogen) atoms. The third kappa shape index (κ3) is 5.36. The van der Waals surface area contributed by atoms with Gasteiger partial charge in [0.25, 0.3) is 5.91 Å². The lowest BCUT2D eigenvalue weighted by Crippen LogP contribution is -2.35. The molecule has 1 amide bonds. The Hall–Kier alpha value is -2.93. The Bertz CT molecular complexity index is 943. The molecule has 7 heteroatoms. The summed E-state index contributed by atoms with van der Waals surface area (Å²) in [5.74, 6) is 0.401. The molecule has 2 aromatic carbocycles. The standard InChI is InChI=1S/C23H25NO5S/c1-16-12-13-24(19-6-4-5-7-21(19)30-16)22(25)15-29-23(26)11-9-17-8-10-18(27-2)14-20(17)28-3/h4-11,14,16H,12-13,15H2,1-3H3/b11-9+. The van der Waals surface area contributed by atoms with Gasteiger partial charge in [-0.3, -0.25) is 4.79 Å². The predicted molar refractivity (Wildman–Crippen MR) is 118 cm³/mol. The molecule has 0 radical (unpaired) electrons. The summed E-state index contributed by atoms with van der Waals surface area (Å²) in [6.07, 6.45) is 3.74. The number of nitrogens with zero attached hydrogens (tertiary/aromatic N) is 1. The molecule has 3 rings (SSSR count). The van der Waals surface area contributed by atoms with Crippen LogP contribution in [0.15, 0.2) is 53.4 Å². The van der Waals surface area contributed by atoms with Gasteiger partial charge in [-0.2, -0.15) is 0 Å². The van der Waals surface area contributed by atoms with E-state index in [0.29, 0.717) is 28.9 Å². The molecule has 0 aliphatic carbocycles. The predicted octanol–water partition coefficient (Wildman–Crippen LogP) is 4.18. The average Bonchev–Trinajstić information content (AvgIpc) is 2.94. The maximum absolute atomic E-state index is 12.8. The molecule has 0 aromatic heterocycles. The third-order valence-corrected chi connectivity index (χ3v) is 5.96. The van der Waals surface area contributed by atoms with Crippen molar-refractivity contribution in [2.24, 2.45) is 0 Å². The fourth-order valence-corrected chi connectivity index (χ4v) is 4.23. The van der Waals surface area contributed by atoms with Gasteiger partial charge in [0, 0.05) is 34.4 Å². The monoisotopic (exact) mass is 427 g/mol. The van der Waals surface area contributed by atoms with Crippen molar-refractivity contribution >= 4 is 35.4 Å². The van der Waals surface area contributed by atoms with Crippen molar-refractivity contribution in [3.8, 4) is 11.5 Å². The highest BCUT2D eigenvalue weighted by molar-refractivity contribution is 8.00. The Morgan fingerprint density at radius 3 is 2.73 bits per heavy atom. The summed E-state index contributed by atoms with van der Waals surface area (Å²) >= 11 is 1.76. The van der Waals surface area contributed by atoms with E-state index >= 15 is 0 Å². The molecule has 0 fully saturated rings. The third-order valence-electron chi connectivity index (χ3n) is 4.72. The van der Waals surface area contributed by atoms with Gasteiger partial charge in [-0.05, 0) is 36.8 Å². The zero-order valence-corrected chi connectivity index (χ0v) is 18.1. The molecule has 1 aliphatic rings. The molecule has 158 valence electrons. The lowest BCUT2D eigenvalue weighted by molar-refractivity contribution is -0.142. The molecule has 0 spiro atoms. The van der Waals surface area contributed by atoms with E-state index in [1.165, 1.54) is 6.08 Å². The van der Waals surface area contributed by atoms with Crippen molar-refractivity contribution in [2.45, 2.75) is 23.5 Å². The van der Waals surface area contributed by atoms with Crippen LogP contribution in [0.2, 0.25) is 0 Å². The van der Waals surface area contributed by atoms with Crippen LogP contribution >= 0.6 is 11.8 Å². The molecular weight excluding hydrogens is 402 g/mol. The molecule has 1 atom stereocenters. The number of carbonyl (C=O) groups is 2. The molecule has 0 N–H and O–H groups in total. The number of esters is 1. The van der Waals surface area contributed by atoms with E-state index in [4.69, 9.17) is 14.2 Å². The summed E-state index contributed by atoms with van der Waals surface area (Å²) in [4.78, 5) is 27.7. The molecule has 2 aromatic rings. The number of ether oxygens (including phenoxy) is 3. The van der Waals surface area contributed by atoms with Crippen LogP contribution in [0.25, 0.3) is 6.08 Å². The number of amides is 1. The molecule has 1 heterocycles. The van der Waals surface area contributed by atoms with Gasteiger partial charge in [0.05, 0.1) is 19.9 Å². The van der Waals surface area contributed by atoms with Crippen LogP contribution in [0, 0.1) is 0 Å². The first kappa shape index (κ1) is 21.8. The Balaban J connectivity index is 1.62. The Labute approximate surface area is 180 Å². The summed E-state index contributed by atoms with van der Waals surface area (Å²) in [6.45, 7) is 2.43. The van der Waals surface area contributed by atoms with Gasteiger partial charge in [-0.15, -0.1) is 11.8 Å². The molecule has 0 saturated carbocycles. The SMILES string of the molecule is COc1ccc(/C=C/C(=O)OCC(=O)N2CCC(C)Sc3ccccc32)c(OC)c1. The first-order valence-corrected chi connectivity index (χ1v) is 10.5. The first-order chi connectivity index (χ1) is 14.5. The molecule has 6 nitrogen and oxygen atoms in total. The number of hydrogen-bond donors (Lipinski definition) is 0. The highest BCUT2D eigenvalue weighted by Gasteiger charge is 2.24. The Morgan fingerprint density at radius 1 is 1.17 bits per heavy atom. The van der Waals surface area contributed by atoms with Crippen LogP contribution in [0.5, 0.6) is 11.5 Å². The molecular formula is C23H25NO5S. The van der Waals surface area contributed by atoms with Crippen molar-refractivity contribution in [1.82, 2.24) is 0 Å². The second-order valence-electron chi connectivity index (χ2n) is 6.78. The van der Waals surface area contributed by atoms with E-state index in [0.717, 1.165) is 17.0 Å². The van der Waals surface area contributed by atoms with E-state index in [-0.39, 0.29) is 12.5 Å². The number of para-hydroxylation sites is 1. The summed E-state index contributed by atoms with van der Waals surface area (Å²) in [6, 6.07) is 13.1. The van der Waals surface area contributed by atoms with Gasteiger partial charge >= 0.3 is 5.97 Å². The van der Waals surface area contributed by atoms with Crippen molar-refractivity contribution < 1.29 is 23.8 Å². The van der Waals surface area contributed by atoms with Crippen LogP contribution in [0.4, 0.5) is 5.69 Å². The minimum Gasteiger partial charge on any atom is -0.497 e. The second-order valence-corrected chi connectivity index (χ2v) is 8.26. The van der Waals surface area contributed by atoms with Gasteiger partial charge in [0.1, 0.15) is 11.5 Å². The van der Waals surface area contributed by atoms with Crippen molar-refractivity contribution in [1.29, 1.82) is 0 Å². The highest BCUT2D eigenvalue weighted by Crippen LogP contribution is 2.37. The van der Waals surface area contributed by atoms with Crippen molar-refractivity contribution in [3.63, 3.8) is 0 Å². The van der Waals surface area contributed by atoms with E-state index in [1.54, 1.807) is 55.2 Å². The Morgan fingerprint density at radius 2 is 1.97 bits per heavy atom. The number of benzene rings is 2. The quantitative estimate of drug-likeness (QED) is 0.509. The minimum absolute atomic E-state index is 0.235. The van der Waals surface area contributed by atoms with Crippen LogP contribution in [-0.2, 0) is 14.3 Å². The van der Waals surface area contributed by atoms with Crippen LogP contribution in [-0.4, -0.2) is 44.5 Å². The summed E-state index contributed by atoms with van der Waals surface area (Å²) in [5.41, 5.74) is 1.57. The first-order valence-electron chi connectivity index (χ1n) is 9.64. The van der Waals surface area contributed by atoms with Crippen molar-refractivity contribution in [3.05, 3.63) is 54.1 Å². The van der Waals surface area contributed by atoms with Gasteiger partial charge in [-0.25, -0.2) is 4.79 Å². The zero-order chi connectivity index (χ0) is 21.5. The van der Waals surface area contributed by atoms with Crippen LogP contribution < -0.4 is 14.4 Å². The maximum Gasteiger partial charge on any atom is 0.331 e. The minimum atomic E-state index is -0.591. The number of methoxy groups -OCH3 is 2. The van der Waals surface area contributed by atoms with Crippen LogP contribution in [0.1, 0.15) is 18.9 Å². The number of hydrogen-bond acceptors (Lipinski definition) is 6. The summed E-state index contributed by atoms with van der Waals surface area (Å²) < 4.78 is 15.7. The Kier molecular flexibility index (Phi) is 7.41. The molecule has 0 saturated heterocycles. The van der Waals surface area contributed by atoms with Gasteiger partial charge < -0.3 is 19.1 Å².